The van der Waals surface area contributed by atoms with E-state index in [1.165, 1.54) is 4.57 Å². The fourth-order valence-electron chi connectivity index (χ4n) is 2.15. The van der Waals surface area contributed by atoms with Crippen molar-refractivity contribution in [2.45, 2.75) is 25.3 Å². The van der Waals surface area contributed by atoms with Gasteiger partial charge in [-0.3, -0.25) is 4.79 Å². The smallest absolute Gasteiger partial charge is 0.319 e. The van der Waals surface area contributed by atoms with Crippen molar-refractivity contribution in [2.24, 2.45) is 13.0 Å². The van der Waals surface area contributed by atoms with Gasteiger partial charge in [-0.15, -0.1) is 0 Å². The molecule has 110 valence electrons. The summed E-state index contributed by atoms with van der Waals surface area (Å²) in [7, 11) is 1.62. The molecule has 3 N–H and O–H groups in total. The van der Waals surface area contributed by atoms with Crippen LogP contribution >= 0.6 is 15.9 Å². The number of nitrogens with zero attached hydrogens (tertiary/aromatic N) is 1. The number of aryl methyl sites for hydroxylation is 1. The third kappa shape index (κ3) is 3.83. The number of amides is 2. The lowest BCUT2D eigenvalue weighted by Gasteiger charge is -2.17. The van der Waals surface area contributed by atoms with Crippen LogP contribution in [0.1, 0.15) is 19.3 Å². The van der Waals surface area contributed by atoms with Gasteiger partial charge < -0.3 is 20.3 Å². The first-order valence-electron chi connectivity index (χ1n) is 6.56. The average Bonchev–Trinajstić information content (AvgIpc) is 3.19. The molecular weight excluding hydrogens is 326 g/mol. The quantitative estimate of drug-likeness (QED) is 0.756. The summed E-state index contributed by atoms with van der Waals surface area (Å²) < 4.78 is 2.11. The van der Waals surface area contributed by atoms with E-state index in [1.807, 2.05) is 0 Å². The minimum atomic E-state index is -0.412. The van der Waals surface area contributed by atoms with Crippen LogP contribution < -0.4 is 16.2 Å². The van der Waals surface area contributed by atoms with Crippen LogP contribution in [-0.4, -0.2) is 28.4 Å². The molecule has 1 aromatic heterocycles. The second kappa shape index (κ2) is 6.41. The minimum absolute atomic E-state index is 0.0315. The van der Waals surface area contributed by atoms with Crippen LogP contribution in [-0.2, 0) is 7.05 Å². The van der Waals surface area contributed by atoms with Gasteiger partial charge in [-0.1, -0.05) is 0 Å². The zero-order valence-electron chi connectivity index (χ0n) is 11.2. The van der Waals surface area contributed by atoms with Gasteiger partial charge in [-0.2, -0.15) is 0 Å². The van der Waals surface area contributed by atoms with E-state index in [0.717, 1.165) is 12.8 Å². The first-order chi connectivity index (χ1) is 9.51. The molecule has 0 spiro atoms. The molecule has 20 heavy (non-hydrogen) atoms. The van der Waals surface area contributed by atoms with E-state index in [-0.39, 0.29) is 23.9 Å². The molecule has 2 rings (SSSR count). The zero-order valence-corrected chi connectivity index (χ0v) is 12.8. The van der Waals surface area contributed by atoms with Crippen molar-refractivity contribution < 1.29 is 9.90 Å². The molecule has 0 radical (unpaired) electrons. The van der Waals surface area contributed by atoms with E-state index in [0.29, 0.717) is 16.8 Å². The van der Waals surface area contributed by atoms with Crippen molar-refractivity contribution in [3.05, 3.63) is 27.1 Å². The van der Waals surface area contributed by atoms with Crippen molar-refractivity contribution in [2.75, 3.05) is 11.9 Å². The topological polar surface area (TPSA) is 83.4 Å². The molecule has 7 heteroatoms. The molecule has 1 heterocycles. The summed E-state index contributed by atoms with van der Waals surface area (Å²) in [6.07, 6.45) is 4.31. The van der Waals surface area contributed by atoms with E-state index < -0.39 is 6.03 Å². The van der Waals surface area contributed by atoms with Gasteiger partial charge >= 0.3 is 6.03 Å². The van der Waals surface area contributed by atoms with E-state index in [9.17, 15) is 9.59 Å². The van der Waals surface area contributed by atoms with Crippen molar-refractivity contribution in [1.82, 2.24) is 9.88 Å². The van der Waals surface area contributed by atoms with Crippen LogP contribution in [0.4, 0.5) is 10.5 Å². The van der Waals surface area contributed by atoms with Crippen LogP contribution in [0.25, 0.3) is 0 Å². The maximum atomic E-state index is 11.9. The molecular formula is C13H18BrN3O3. The molecule has 2 amide bonds. The molecule has 0 saturated heterocycles. The predicted molar refractivity (Wildman–Crippen MR) is 79.8 cm³/mol. The van der Waals surface area contributed by atoms with E-state index in [4.69, 9.17) is 5.11 Å². The monoisotopic (exact) mass is 343 g/mol. The molecule has 1 aromatic rings. The number of aliphatic hydroxyl groups excluding tert-OH is 1. The standard InChI is InChI=1S/C13H18BrN3O3/c1-17-7-9(14)6-11(12(17)19)16-13(20)15-10(4-5-18)8-2-3-8/h6-8,10,18H,2-5H2,1H3,(H2,15,16,20)/t10-/m1/s1. The zero-order chi connectivity index (χ0) is 14.7. The normalized spacial score (nSPS) is 15.8. The Morgan fingerprint density at radius 2 is 2.30 bits per heavy atom. The summed E-state index contributed by atoms with van der Waals surface area (Å²) in [4.78, 5) is 23.8. The summed E-state index contributed by atoms with van der Waals surface area (Å²) >= 11 is 3.28. The molecule has 6 nitrogen and oxygen atoms in total. The van der Waals surface area contributed by atoms with Crippen molar-refractivity contribution in [1.29, 1.82) is 0 Å². The second-order valence-corrected chi connectivity index (χ2v) is 5.96. The lowest BCUT2D eigenvalue weighted by molar-refractivity contribution is 0.234. The van der Waals surface area contributed by atoms with Crippen LogP contribution in [0.5, 0.6) is 0 Å². The van der Waals surface area contributed by atoms with Gasteiger partial charge in [0.05, 0.1) is 0 Å². The first-order valence-corrected chi connectivity index (χ1v) is 7.35. The summed E-state index contributed by atoms with van der Waals surface area (Å²) in [5.74, 6) is 0.443. The van der Waals surface area contributed by atoms with Gasteiger partial charge in [0.15, 0.2) is 0 Å². The summed E-state index contributed by atoms with van der Waals surface area (Å²) in [5, 5.41) is 14.4. The van der Waals surface area contributed by atoms with Gasteiger partial charge in [0.1, 0.15) is 5.69 Å². The first kappa shape index (κ1) is 15.1. The van der Waals surface area contributed by atoms with Crippen LogP contribution in [0.2, 0.25) is 0 Å². The van der Waals surface area contributed by atoms with Gasteiger partial charge in [0, 0.05) is 30.4 Å². The number of halogens is 1. The largest absolute Gasteiger partial charge is 0.396 e. The molecule has 0 unspecified atom stereocenters. The van der Waals surface area contributed by atoms with Crippen LogP contribution in [0.3, 0.4) is 0 Å². The number of urea groups is 1. The number of rotatable bonds is 5. The van der Waals surface area contributed by atoms with Crippen molar-refractivity contribution in [3.63, 3.8) is 0 Å². The van der Waals surface area contributed by atoms with Crippen LogP contribution in [0.15, 0.2) is 21.5 Å². The van der Waals surface area contributed by atoms with E-state index >= 15 is 0 Å². The maximum absolute atomic E-state index is 11.9. The average molecular weight is 344 g/mol. The number of aromatic nitrogens is 1. The van der Waals surface area contributed by atoms with Gasteiger partial charge in [-0.05, 0) is 47.2 Å². The minimum Gasteiger partial charge on any atom is -0.396 e. The second-order valence-electron chi connectivity index (χ2n) is 5.04. The highest BCUT2D eigenvalue weighted by Crippen LogP contribution is 2.33. The number of hydrogen-bond donors (Lipinski definition) is 3. The highest BCUT2D eigenvalue weighted by atomic mass is 79.9. The Morgan fingerprint density at radius 3 is 2.90 bits per heavy atom. The lowest BCUT2D eigenvalue weighted by Crippen LogP contribution is -2.41. The summed E-state index contributed by atoms with van der Waals surface area (Å²) in [5.41, 5.74) is -0.0496. The Balaban J connectivity index is 2.02. The van der Waals surface area contributed by atoms with E-state index in [1.54, 1.807) is 19.3 Å². The number of anilines is 1. The molecule has 1 aliphatic carbocycles. The Kier molecular flexibility index (Phi) is 4.82. The number of hydrogen-bond acceptors (Lipinski definition) is 3. The van der Waals surface area contributed by atoms with Crippen LogP contribution in [0, 0.1) is 5.92 Å². The third-order valence-corrected chi connectivity index (χ3v) is 3.78. The van der Waals surface area contributed by atoms with Gasteiger partial charge in [0.25, 0.3) is 5.56 Å². The Labute approximate surface area is 125 Å². The number of nitrogens with one attached hydrogen (secondary N) is 2. The lowest BCUT2D eigenvalue weighted by atomic mass is 10.1. The highest BCUT2D eigenvalue weighted by molar-refractivity contribution is 9.10. The third-order valence-electron chi connectivity index (χ3n) is 3.35. The predicted octanol–water partition coefficient (Wildman–Crippen LogP) is 1.43. The highest BCUT2D eigenvalue weighted by Gasteiger charge is 2.31. The molecule has 0 aromatic carbocycles. The fraction of sp³-hybridized carbons (Fsp3) is 0.538. The molecule has 1 aliphatic rings. The fourth-order valence-corrected chi connectivity index (χ4v) is 2.69. The molecule has 0 aliphatic heterocycles. The summed E-state index contributed by atoms with van der Waals surface area (Å²) in [6, 6.07) is 1.13. The maximum Gasteiger partial charge on any atom is 0.319 e. The van der Waals surface area contributed by atoms with Gasteiger partial charge in [-0.25, -0.2) is 4.79 Å². The van der Waals surface area contributed by atoms with Crippen molar-refractivity contribution in [3.8, 4) is 0 Å². The molecule has 0 bridgehead atoms. The molecule has 1 fully saturated rings. The number of pyridine rings is 1. The SMILES string of the molecule is Cn1cc(Br)cc(NC(=O)N[C@H](CCO)C2CC2)c1=O. The summed E-state index contributed by atoms with van der Waals surface area (Å²) in [6.45, 7) is 0.0418. The molecule has 1 atom stereocenters. The number of carbonyl (C=O) groups is 1. The Hall–Kier alpha value is -1.34. The van der Waals surface area contributed by atoms with E-state index in [2.05, 4.69) is 26.6 Å². The Morgan fingerprint density at radius 1 is 1.60 bits per heavy atom. The van der Waals surface area contributed by atoms with Gasteiger partial charge in [0.2, 0.25) is 0 Å². The molecule has 1 saturated carbocycles. The Bertz CT molecular complexity index is 554. The van der Waals surface area contributed by atoms with Crippen molar-refractivity contribution >= 4 is 27.6 Å². The number of carbonyl (C=O) groups excluding carboxylic acids is 1. The number of aliphatic hydroxyl groups is 1.